The van der Waals surface area contributed by atoms with Crippen LogP contribution in [0.1, 0.15) is 42.1 Å². The minimum atomic E-state index is -0.0790. The summed E-state index contributed by atoms with van der Waals surface area (Å²) in [6.07, 6.45) is 8.63. The number of nitrogens with one attached hydrogen (secondary N) is 1. The van der Waals surface area contributed by atoms with Crippen LogP contribution in [0.2, 0.25) is 0 Å². The summed E-state index contributed by atoms with van der Waals surface area (Å²) >= 11 is 0. The van der Waals surface area contributed by atoms with Crippen molar-refractivity contribution < 1.29 is 4.79 Å². The molecule has 1 N–H and O–H groups in total. The molecule has 1 aromatic rings. The van der Waals surface area contributed by atoms with Crippen LogP contribution in [0.3, 0.4) is 0 Å². The lowest BCUT2D eigenvalue weighted by atomic mass is 10.1. The van der Waals surface area contributed by atoms with Gasteiger partial charge in [0.15, 0.2) is 0 Å². The van der Waals surface area contributed by atoms with Gasteiger partial charge in [0.2, 0.25) is 0 Å². The van der Waals surface area contributed by atoms with Gasteiger partial charge in [-0.2, -0.15) is 0 Å². The lowest BCUT2D eigenvalue weighted by Gasteiger charge is -2.06. The van der Waals surface area contributed by atoms with Gasteiger partial charge in [-0.3, -0.25) is 4.79 Å². The van der Waals surface area contributed by atoms with Gasteiger partial charge in [-0.1, -0.05) is 37.8 Å². The van der Waals surface area contributed by atoms with E-state index in [1.165, 1.54) is 0 Å². The Morgan fingerprint density at radius 3 is 2.81 bits per heavy atom. The van der Waals surface area contributed by atoms with Crippen LogP contribution in [-0.4, -0.2) is 12.5 Å². The van der Waals surface area contributed by atoms with Gasteiger partial charge in [0.05, 0.1) is 5.56 Å². The van der Waals surface area contributed by atoms with E-state index in [2.05, 4.69) is 18.2 Å². The Balaban J connectivity index is 2.56. The van der Waals surface area contributed by atoms with Crippen LogP contribution in [0.15, 0.2) is 24.3 Å². The zero-order valence-electron chi connectivity index (χ0n) is 9.62. The maximum absolute atomic E-state index is 11.8. The molecule has 84 valence electrons. The van der Waals surface area contributed by atoms with E-state index in [0.29, 0.717) is 17.7 Å². The molecule has 0 aliphatic rings. The number of rotatable bonds is 5. The van der Waals surface area contributed by atoms with Gasteiger partial charge in [-0.05, 0) is 18.6 Å². The van der Waals surface area contributed by atoms with Crippen LogP contribution in [-0.2, 0) is 0 Å². The van der Waals surface area contributed by atoms with Crippen LogP contribution >= 0.6 is 0 Å². The highest BCUT2D eigenvalue weighted by Crippen LogP contribution is 2.06. The van der Waals surface area contributed by atoms with Crippen LogP contribution in [0.5, 0.6) is 0 Å². The minimum Gasteiger partial charge on any atom is -0.352 e. The van der Waals surface area contributed by atoms with E-state index in [0.717, 1.165) is 19.3 Å². The third-order valence-electron chi connectivity index (χ3n) is 2.39. The summed E-state index contributed by atoms with van der Waals surface area (Å²) in [5.41, 5.74) is 1.23. The Morgan fingerprint density at radius 1 is 1.38 bits per heavy atom. The molecular weight excluding hydrogens is 198 g/mol. The van der Waals surface area contributed by atoms with Crippen molar-refractivity contribution in [2.75, 3.05) is 6.54 Å². The highest BCUT2D eigenvalue weighted by atomic mass is 16.1. The zero-order valence-corrected chi connectivity index (χ0v) is 9.62. The molecule has 2 nitrogen and oxygen atoms in total. The minimum absolute atomic E-state index is 0.0790. The number of carbonyl (C=O) groups is 1. The van der Waals surface area contributed by atoms with Crippen LogP contribution < -0.4 is 5.32 Å². The first-order valence-electron chi connectivity index (χ1n) is 5.63. The summed E-state index contributed by atoms with van der Waals surface area (Å²) in [6, 6.07) is 7.19. The monoisotopic (exact) mass is 215 g/mol. The van der Waals surface area contributed by atoms with E-state index in [9.17, 15) is 4.79 Å². The molecule has 0 aliphatic carbocycles. The molecule has 0 radical (unpaired) electrons. The van der Waals surface area contributed by atoms with Crippen molar-refractivity contribution in [1.82, 2.24) is 5.32 Å². The van der Waals surface area contributed by atoms with E-state index in [-0.39, 0.29) is 5.91 Å². The molecule has 1 rings (SSSR count). The number of hydrogen-bond acceptors (Lipinski definition) is 1. The normalized spacial score (nSPS) is 9.50. The summed E-state index contributed by atoms with van der Waals surface area (Å²) in [7, 11) is 0. The molecule has 2 heteroatoms. The van der Waals surface area contributed by atoms with Gasteiger partial charge in [0, 0.05) is 12.1 Å². The number of amides is 1. The highest BCUT2D eigenvalue weighted by Gasteiger charge is 2.07. The fourth-order valence-electron chi connectivity index (χ4n) is 1.48. The molecule has 0 aromatic heterocycles. The number of carbonyl (C=O) groups excluding carboxylic acids is 1. The van der Waals surface area contributed by atoms with Crippen LogP contribution in [0.25, 0.3) is 0 Å². The van der Waals surface area contributed by atoms with Gasteiger partial charge in [0.1, 0.15) is 0 Å². The van der Waals surface area contributed by atoms with Gasteiger partial charge in [-0.25, -0.2) is 0 Å². The second kappa shape index (κ2) is 6.68. The van der Waals surface area contributed by atoms with Crippen molar-refractivity contribution >= 4 is 5.91 Å². The lowest BCUT2D eigenvalue weighted by molar-refractivity contribution is 0.0953. The molecular formula is C14H17NO. The van der Waals surface area contributed by atoms with Gasteiger partial charge in [-0.15, -0.1) is 6.42 Å². The molecule has 0 atom stereocenters. The van der Waals surface area contributed by atoms with E-state index in [1.807, 2.05) is 12.1 Å². The first-order valence-corrected chi connectivity index (χ1v) is 5.63. The largest absolute Gasteiger partial charge is 0.352 e. The quantitative estimate of drug-likeness (QED) is 0.593. The first-order chi connectivity index (χ1) is 7.79. The lowest BCUT2D eigenvalue weighted by Crippen LogP contribution is -2.25. The third kappa shape index (κ3) is 3.43. The molecule has 0 heterocycles. The molecule has 0 saturated carbocycles. The van der Waals surface area contributed by atoms with Crippen molar-refractivity contribution in [1.29, 1.82) is 0 Å². The number of benzene rings is 1. The van der Waals surface area contributed by atoms with E-state index in [1.54, 1.807) is 12.1 Å². The van der Waals surface area contributed by atoms with Gasteiger partial charge < -0.3 is 5.32 Å². The summed E-state index contributed by atoms with van der Waals surface area (Å²) in [5.74, 6) is 2.44. The maximum Gasteiger partial charge on any atom is 0.252 e. The van der Waals surface area contributed by atoms with Crippen molar-refractivity contribution in [3.8, 4) is 12.3 Å². The molecule has 0 spiro atoms. The second-order valence-electron chi connectivity index (χ2n) is 3.65. The molecule has 16 heavy (non-hydrogen) atoms. The Hall–Kier alpha value is -1.75. The summed E-state index contributed by atoms with van der Waals surface area (Å²) in [5, 5.41) is 2.87. The standard InChI is InChI=1S/C14H17NO/c1-3-5-8-11-15-14(16)13-10-7-6-9-12(13)4-2/h2,6-7,9-10H,3,5,8,11H2,1H3,(H,15,16). The smallest absolute Gasteiger partial charge is 0.252 e. The van der Waals surface area contributed by atoms with Crippen LogP contribution in [0, 0.1) is 12.3 Å². The molecule has 0 fully saturated rings. The summed E-state index contributed by atoms with van der Waals surface area (Å²) < 4.78 is 0. The van der Waals surface area contributed by atoms with Gasteiger partial charge >= 0.3 is 0 Å². The molecule has 0 unspecified atom stereocenters. The predicted octanol–water partition coefficient (Wildman–Crippen LogP) is 2.59. The fraction of sp³-hybridized carbons (Fsp3) is 0.357. The topological polar surface area (TPSA) is 29.1 Å². The average Bonchev–Trinajstić information content (AvgIpc) is 2.34. The van der Waals surface area contributed by atoms with Crippen LogP contribution in [0.4, 0.5) is 0 Å². The summed E-state index contributed by atoms with van der Waals surface area (Å²) in [4.78, 5) is 11.8. The zero-order chi connectivity index (χ0) is 11.8. The molecule has 1 amide bonds. The average molecular weight is 215 g/mol. The second-order valence-corrected chi connectivity index (χ2v) is 3.65. The fourth-order valence-corrected chi connectivity index (χ4v) is 1.48. The third-order valence-corrected chi connectivity index (χ3v) is 2.39. The Kier molecular flexibility index (Phi) is 5.15. The SMILES string of the molecule is C#Cc1ccccc1C(=O)NCCCCC. The molecule has 1 aromatic carbocycles. The van der Waals surface area contributed by atoms with Crippen molar-refractivity contribution in [2.45, 2.75) is 26.2 Å². The first kappa shape index (κ1) is 12.3. The van der Waals surface area contributed by atoms with E-state index >= 15 is 0 Å². The van der Waals surface area contributed by atoms with Crippen molar-refractivity contribution in [3.05, 3.63) is 35.4 Å². The highest BCUT2D eigenvalue weighted by molar-refractivity contribution is 5.96. The maximum atomic E-state index is 11.8. The van der Waals surface area contributed by atoms with Gasteiger partial charge in [0.25, 0.3) is 5.91 Å². The van der Waals surface area contributed by atoms with Crippen molar-refractivity contribution in [2.24, 2.45) is 0 Å². The number of hydrogen-bond donors (Lipinski definition) is 1. The molecule has 0 aliphatic heterocycles. The number of unbranched alkanes of at least 4 members (excludes halogenated alkanes) is 2. The Morgan fingerprint density at radius 2 is 2.12 bits per heavy atom. The summed E-state index contributed by atoms with van der Waals surface area (Å²) in [6.45, 7) is 2.85. The molecule has 0 saturated heterocycles. The Bertz CT molecular complexity index is 390. The van der Waals surface area contributed by atoms with E-state index in [4.69, 9.17) is 6.42 Å². The predicted molar refractivity (Wildman–Crippen MR) is 66.2 cm³/mol. The molecule has 0 bridgehead atoms. The Labute approximate surface area is 97.1 Å². The van der Waals surface area contributed by atoms with Crippen molar-refractivity contribution in [3.63, 3.8) is 0 Å². The number of terminal acetylenes is 1. The van der Waals surface area contributed by atoms with E-state index < -0.39 is 0 Å².